The highest BCUT2D eigenvalue weighted by atomic mass is 16.5. The summed E-state index contributed by atoms with van der Waals surface area (Å²) >= 11 is 0. The van der Waals surface area contributed by atoms with Crippen molar-refractivity contribution >= 4 is 22.9 Å². The molecule has 0 aliphatic carbocycles. The zero-order valence-electron chi connectivity index (χ0n) is 14.4. The minimum atomic E-state index is -0.459. The maximum absolute atomic E-state index is 12.5. The molecule has 0 spiro atoms. The molecule has 7 nitrogen and oxygen atoms in total. The highest BCUT2D eigenvalue weighted by molar-refractivity contribution is 6.01. The van der Waals surface area contributed by atoms with Crippen molar-refractivity contribution in [3.05, 3.63) is 52.6 Å². The second-order valence-electron chi connectivity index (χ2n) is 5.73. The van der Waals surface area contributed by atoms with Crippen molar-refractivity contribution in [3.8, 4) is 0 Å². The van der Waals surface area contributed by atoms with E-state index in [1.54, 1.807) is 20.8 Å². The van der Waals surface area contributed by atoms with Crippen molar-refractivity contribution in [2.24, 2.45) is 0 Å². The maximum Gasteiger partial charge on any atom is 0.355 e. The average Bonchev–Trinajstić information content (AvgIpc) is 3.13. The molecule has 3 rings (SSSR count). The smallest absolute Gasteiger partial charge is 0.355 e. The zero-order chi connectivity index (χ0) is 18.0. The molecule has 0 radical (unpaired) electrons. The van der Waals surface area contributed by atoms with E-state index < -0.39 is 5.97 Å². The summed E-state index contributed by atoms with van der Waals surface area (Å²) < 4.78 is 5.00. The Bertz CT molecular complexity index is 906. The Morgan fingerprint density at radius 2 is 1.96 bits per heavy atom. The Hall–Kier alpha value is -3.09. The van der Waals surface area contributed by atoms with E-state index in [0.717, 1.165) is 11.0 Å². The molecule has 2 heterocycles. The molecule has 0 saturated heterocycles. The number of ether oxygens (including phenoxy) is 1. The first kappa shape index (κ1) is 16.8. The van der Waals surface area contributed by atoms with E-state index in [-0.39, 0.29) is 19.1 Å². The van der Waals surface area contributed by atoms with Crippen LogP contribution >= 0.6 is 0 Å². The molecule has 2 aromatic heterocycles. The van der Waals surface area contributed by atoms with Crippen molar-refractivity contribution in [2.45, 2.75) is 27.3 Å². The van der Waals surface area contributed by atoms with Gasteiger partial charge in [-0.25, -0.2) is 9.78 Å². The summed E-state index contributed by atoms with van der Waals surface area (Å²) in [5, 5.41) is 2.84. The van der Waals surface area contributed by atoms with Gasteiger partial charge in [0.15, 0.2) is 0 Å². The SMILES string of the molecule is CCOC(=O)c1[nH]c(C)c(C(=O)NCc2nc3ccccc3[nH]2)c1C. The van der Waals surface area contributed by atoms with Gasteiger partial charge in [-0.3, -0.25) is 4.79 Å². The summed E-state index contributed by atoms with van der Waals surface area (Å²) in [5.41, 5.74) is 3.75. The number of nitrogens with zero attached hydrogens (tertiary/aromatic N) is 1. The lowest BCUT2D eigenvalue weighted by Gasteiger charge is -2.04. The number of carbonyl (C=O) groups excluding carboxylic acids is 2. The first-order chi connectivity index (χ1) is 12.0. The van der Waals surface area contributed by atoms with Gasteiger partial charge in [0.05, 0.1) is 29.7 Å². The Kier molecular flexibility index (Phi) is 4.56. The number of fused-ring (bicyclic) bond motifs is 1. The number of H-pyrrole nitrogens is 2. The number of nitrogens with one attached hydrogen (secondary N) is 3. The summed E-state index contributed by atoms with van der Waals surface area (Å²) in [5.74, 6) is -0.0484. The van der Waals surface area contributed by atoms with Crippen LogP contribution in [-0.4, -0.2) is 33.4 Å². The third-order valence-electron chi connectivity index (χ3n) is 4.00. The third-order valence-corrected chi connectivity index (χ3v) is 4.00. The number of para-hydroxylation sites is 2. The standard InChI is InChI=1S/C18H20N4O3/c1-4-25-18(24)16-10(2)15(11(3)20-16)17(23)19-9-14-21-12-7-5-6-8-13(12)22-14/h5-8,20H,4,9H2,1-3H3,(H,19,23)(H,21,22). The normalized spacial score (nSPS) is 10.8. The van der Waals surface area contributed by atoms with Crippen LogP contribution in [0.3, 0.4) is 0 Å². The number of aryl methyl sites for hydroxylation is 1. The Morgan fingerprint density at radius 3 is 2.68 bits per heavy atom. The number of hydrogen-bond acceptors (Lipinski definition) is 4. The zero-order valence-corrected chi connectivity index (χ0v) is 14.4. The van der Waals surface area contributed by atoms with E-state index in [9.17, 15) is 9.59 Å². The van der Waals surface area contributed by atoms with E-state index in [0.29, 0.717) is 28.3 Å². The largest absolute Gasteiger partial charge is 0.461 e. The Balaban J connectivity index is 1.76. The van der Waals surface area contributed by atoms with Crippen LogP contribution in [0.4, 0.5) is 0 Å². The van der Waals surface area contributed by atoms with Gasteiger partial charge in [0.1, 0.15) is 11.5 Å². The van der Waals surface area contributed by atoms with Crippen LogP contribution < -0.4 is 5.32 Å². The molecule has 0 saturated carbocycles. The van der Waals surface area contributed by atoms with Crippen molar-refractivity contribution in [2.75, 3.05) is 6.61 Å². The fourth-order valence-corrected chi connectivity index (χ4v) is 2.84. The van der Waals surface area contributed by atoms with Gasteiger partial charge in [-0.15, -0.1) is 0 Å². The molecule has 0 atom stereocenters. The van der Waals surface area contributed by atoms with Gasteiger partial charge < -0.3 is 20.0 Å². The summed E-state index contributed by atoms with van der Waals surface area (Å²) in [7, 11) is 0. The second-order valence-corrected chi connectivity index (χ2v) is 5.73. The summed E-state index contributed by atoms with van der Waals surface area (Å²) in [6.45, 7) is 5.78. The molecular weight excluding hydrogens is 320 g/mol. The first-order valence-electron chi connectivity index (χ1n) is 8.09. The van der Waals surface area contributed by atoms with Crippen molar-refractivity contribution < 1.29 is 14.3 Å². The van der Waals surface area contributed by atoms with Crippen molar-refractivity contribution in [1.82, 2.24) is 20.3 Å². The van der Waals surface area contributed by atoms with Crippen LogP contribution in [0.5, 0.6) is 0 Å². The van der Waals surface area contributed by atoms with Gasteiger partial charge >= 0.3 is 5.97 Å². The van der Waals surface area contributed by atoms with Crippen molar-refractivity contribution in [1.29, 1.82) is 0 Å². The van der Waals surface area contributed by atoms with E-state index in [4.69, 9.17) is 4.74 Å². The molecular formula is C18H20N4O3. The number of esters is 1. The van der Waals surface area contributed by atoms with Gasteiger partial charge in [0.25, 0.3) is 5.91 Å². The average molecular weight is 340 g/mol. The van der Waals surface area contributed by atoms with Crippen LogP contribution in [0.2, 0.25) is 0 Å². The maximum atomic E-state index is 12.5. The van der Waals surface area contributed by atoms with Crippen LogP contribution in [0.1, 0.15) is 44.9 Å². The molecule has 3 aromatic rings. The van der Waals surface area contributed by atoms with E-state index in [1.807, 2.05) is 24.3 Å². The molecule has 1 aromatic carbocycles. The number of carbonyl (C=O) groups is 2. The van der Waals surface area contributed by atoms with Crippen LogP contribution in [0, 0.1) is 13.8 Å². The lowest BCUT2D eigenvalue weighted by Crippen LogP contribution is -2.24. The number of benzene rings is 1. The van der Waals surface area contributed by atoms with Gasteiger partial charge in [-0.05, 0) is 38.5 Å². The topological polar surface area (TPSA) is 99.9 Å². The van der Waals surface area contributed by atoms with E-state index in [1.165, 1.54) is 0 Å². The summed E-state index contributed by atoms with van der Waals surface area (Å²) in [6.07, 6.45) is 0. The molecule has 0 fully saturated rings. The number of hydrogen-bond donors (Lipinski definition) is 3. The fourth-order valence-electron chi connectivity index (χ4n) is 2.84. The van der Waals surface area contributed by atoms with Crippen LogP contribution in [0.15, 0.2) is 24.3 Å². The molecule has 0 unspecified atom stereocenters. The third kappa shape index (κ3) is 3.26. The van der Waals surface area contributed by atoms with Crippen molar-refractivity contribution in [3.63, 3.8) is 0 Å². The van der Waals surface area contributed by atoms with Gasteiger partial charge in [-0.2, -0.15) is 0 Å². The summed E-state index contributed by atoms with van der Waals surface area (Å²) in [6, 6.07) is 7.67. The second kappa shape index (κ2) is 6.80. The molecule has 0 bridgehead atoms. The Morgan fingerprint density at radius 1 is 1.20 bits per heavy atom. The van der Waals surface area contributed by atoms with E-state index in [2.05, 4.69) is 20.3 Å². The van der Waals surface area contributed by atoms with Gasteiger partial charge in [0, 0.05) is 5.69 Å². The molecule has 130 valence electrons. The highest BCUT2D eigenvalue weighted by Gasteiger charge is 2.22. The lowest BCUT2D eigenvalue weighted by atomic mass is 10.1. The minimum Gasteiger partial charge on any atom is -0.461 e. The van der Waals surface area contributed by atoms with E-state index >= 15 is 0 Å². The number of imidazole rings is 1. The molecule has 25 heavy (non-hydrogen) atoms. The summed E-state index contributed by atoms with van der Waals surface area (Å²) in [4.78, 5) is 35.0. The van der Waals surface area contributed by atoms with Gasteiger partial charge in [-0.1, -0.05) is 12.1 Å². The number of aromatic amines is 2. The fraction of sp³-hybridized carbons (Fsp3) is 0.278. The quantitative estimate of drug-likeness (QED) is 0.622. The highest BCUT2D eigenvalue weighted by Crippen LogP contribution is 2.19. The Labute approximate surface area is 144 Å². The molecule has 0 aliphatic heterocycles. The number of rotatable bonds is 5. The minimum absolute atomic E-state index is 0.262. The number of aromatic nitrogens is 3. The molecule has 7 heteroatoms. The van der Waals surface area contributed by atoms with Crippen LogP contribution in [-0.2, 0) is 11.3 Å². The van der Waals surface area contributed by atoms with Crippen LogP contribution in [0.25, 0.3) is 11.0 Å². The molecule has 0 aliphatic rings. The van der Waals surface area contributed by atoms with Gasteiger partial charge in [0.2, 0.25) is 0 Å². The molecule has 1 amide bonds. The monoisotopic (exact) mass is 340 g/mol. The molecule has 3 N–H and O–H groups in total. The predicted octanol–water partition coefficient (Wildman–Crippen LogP) is 2.61. The lowest BCUT2D eigenvalue weighted by molar-refractivity contribution is 0.0519. The number of amides is 1. The first-order valence-corrected chi connectivity index (χ1v) is 8.09. The predicted molar refractivity (Wildman–Crippen MR) is 93.5 cm³/mol.